The van der Waals surface area contributed by atoms with Gasteiger partial charge in [0.1, 0.15) is 17.8 Å². The molecule has 38 heavy (non-hydrogen) atoms. The van der Waals surface area contributed by atoms with Crippen molar-refractivity contribution in [2.45, 2.75) is 39.0 Å². The van der Waals surface area contributed by atoms with E-state index in [0.29, 0.717) is 5.56 Å². The van der Waals surface area contributed by atoms with Crippen LogP contribution in [0.5, 0.6) is 0 Å². The number of carbonyl (C=O) groups is 4. The molecule has 0 aromatic heterocycles. The van der Waals surface area contributed by atoms with E-state index in [-0.39, 0.29) is 41.9 Å². The van der Waals surface area contributed by atoms with Crippen molar-refractivity contribution in [2.24, 2.45) is 5.41 Å². The smallest absolute Gasteiger partial charge is 0.409 e. The third-order valence-corrected chi connectivity index (χ3v) is 6.92. The molecule has 9 nitrogen and oxygen atoms in total. The first-order valence-electron chi connectivity index (χ1n) is 12.0. The van der Waals surface area contributed by atoms with Crippen molar-refractivity contribution in [3.8, 4) is 0 Å². The minimum absolute atomic E-state index is 0.0222. The number of anilines is 1. The van der Waals surface area contributed by atoms with Crippen LogP contribution >= 0.6 is 11.6 Å². The molecule has 1 aliphatic rings. The average Bonchev–Trinajstić information content (AvgIpc) is 2.83. The minimum Gasteiger partial charge on any atom is -0.481 e. The molecular formula is C27H31ClFN3O6. The molecule has 0 saturated carbocycles. The average molecular weight is 548 g/mol. The Balaban J connectivity index is 1.96. The maximum absolute atomic E-state index is 14.3. The fourth-order valence-electron chi connectivity index (χ4n) is 4.22. The van der Waals surface area contributed by atoms with Gasteiger partial charge in [-0.1, -0.05) is 49.7 Å². The van der Waals surface area contributed by atoms with Crippen molar-refractivity contribution in [1.29, 1.82) is 0 Å². The number of amides is 3. The molecular weight excluding hydrogens is 517 g/mol. The van der Waals surface area contributed by atoms with Crippen molar-refractivity contribution in [3.63, 3.8) is 0 Å². The summed E-state index contributed by atoms with van der Waals surface area (Å²) in [4.78, 5) is 51.7. The summed E-state index contributed by atoms with van der Waals surface area (Å²) in [6.07, 6.45) is -0.756. The zero-order chi connectivity index (χ0) is 28.4. The van der Waals surface area contributed by atoms with Gasteiger partial charge in [-0.05, 0) is 43.0 Å². The molecule has 11 heteroatoms. The third-order valence-electron chi connectivity index (χ3n) is 6.63. The number of ether oxygens (including phenoxy) is 1. The van der Waals surface area contributed by atoms with Crippen molar-refractivity contribution in [2.75, 3.05) is 32.1 Å². The molecule has 0 unspecified atom stereocenters. The van der Waals surface area contributed by atoms with Gasteiger partial charge >= 0.3 is 12.1 Å². The Bertz CT molecular complexity index is 1270. The van der Waals surface area contributed by atoms with Crippen molar-refractivity contribution >= 4 is 41.2 Å². The molecule has 0 spiro atoms. The summed E-state index contributed by atoms with van der Waals surface area (Å²) >= 11 is 5.88. The Hall–Kier alpha value is -3.66. The highest BCUT2D eigenvalue weighted by Crippen LogP contribution is 2.41. The van der Waals surface area contributed by atoms with Crippen LogP contribution in [0.4, 0.5) is 14.9 Å². The molecule has 0 bridgehead atoms. The van der Waals surface area contributed by atoms with Crippen LogP contribution in [0.2, 0.25) is 5.02 Å². The van der Waals surface area contributed by atoms with E-state index in [1.165, 1.54) is 25.8 Å². The zero-order valence-electron chi connectivity index (χ0n) is 21.9. The summed E-state index contributed by atoms with van der Waals surface area (Å²) < 4.78 is 19.6. The maximum Gasteiger partial charge on any atom is 0.409 e. The van der Waals surface area contributed by atoms with Gasteiger partial charge < -0.3 is 25.4 Å². The van der Waals surface area contributed by atoms with E-state index in [2.05, 4.69) is 10.6 Å². The molecule has 1 heterocycles. The highest BCUT2D eigenvalue weighted by Gasteiger charge is 2.54. The lowest BCUT2D eigenvalue weighted by Gasteiger charge is -2.49. The van der Waals surface area contributed by atoms with Gasteiger partial charge in [0.15, 0.2) is 0 Å². The number of halogens is 2. The summed E-state index contributed by atoms with van der Waals surface area (Å²) in [5.74, 6) is -3.00. The second-order valence-electron chi connectivity index (χ2n) is 10.3. The molecule has 3 N–H and O–H groups in total. The van der Waals surface area contributed by atoms with Gasteiger partial charge in [-0.15, -0.1) is 0 Å². The third kappa shape index (κ3) is 5.60. The quantitative estimate of drug-likeness (QED) is 0.450. The number of carbonyl (C=O) groups excluding carboxylic acids is 3. The van der Waals surface area contributed by atoms with Gasteiger partial charge in [0.05, 0.1) is 21.7 Å². The standard InChI is InChI=1S/C27H31ClFN3O6/c1-15(2)16-8-6-7-9-18(16)27(12-32(13-27)25(37)38-14-26(3,4)24(35)36)23(34)31-21-11-20(29)19(28)10-17(21)22(33)30-5/h6-11,15H,12-14H2,1-5H3,(H,30,33)(H,31,34)(H,35,36). The minimum atomic E-state index is -1.28. The Morgan fingerprint density at radius 1 is 1.18 bits per heavy atom. The molecule has 1 aliphatic heterocycles. The summed E-state index contributed by atoms with van der Waals surface area (Å²) in [5.41, 5.74) is -1.05. The van der Waals surface area contributed by atoms with E-state index < -0.39 is 40.5 Å². The van der Waals surface area contributed by atoms with Crippen LogP contribution in [0.25, 0.3) is 0 Å². The number of rotatable bonds is 8. The molecule has 1 fully saturated rings. The topological polar surface area (TPSA) is 125 Å². The molecule has 204 valence electrons. The lowest BCUT2D eigenvalue weighted by Crippen LogP contribution is -2.66. The first-order chi connectivity index (χ1) is 17.7. The first-order valence-corrected chi connectivity index (χ1v) is 12.4. The number of nitrogens with zero attached hydrogens (tertiary/aromatic N) is 1. The number of benzene rings is 2. The Labute approximate surface area is 225 Å². The fraction of sp³-hybridized carbons (Fsp3) is 0.407. The van der Waals surface area contributed by atoms with Gasteiger partial charge in [0, 0.05) is 20.1 Å². The normalized spacial score (nSPS) is 14.5. The zero-order valence-corrected chi connectivity index (χ0v) is 22.6. The number of carboxylic acid groups (broad SMARTS) is 1. The van der Waals surface area contributed by atoms with Gasteiger partial charge in [-0.2, -0.15) is 0 Å². The highest BCUT2D eigenvalue weighted by atomic mass is 35.5. The van der Waals surface area contributed by atoms with Crippen molar-refractivity contribution in [3.05, 3.63) is 63.9 Å². The van der Waals surface area contributed by atoms with E-state index in [1.54, 1.807) is 12.1 Å². The van der Waals surface area contributed by atoms with Crippen molar-refractivity contribution < 1.29 is 33.4 Å². The number of hydrogen-bond donors (Lipinski definition) is 3. The Morgan fingerprint density at radius 3 is 2.39 bits per heavy atom. The lowest BCUT2D eigenvalue weighted by atomic mass is 9.70. The number of hydrogen-bond acceptors (Lipinski definition) is 5. The van der Waals surface area contributed by atoms with E-state index >= 15 is 0 Å². The second kappa shape index (κ2) is 11.0. The summed E-state index contributed by atoms with van der Waals surface area (Å²) in [7, 11) is 1.40. The Morgan fingerprint density at radius 2 is 1.82 bits per heavy atom. The van der Waals surface area contributed by atoms with Crippen LogP contribution in [-0.4, -0.2) is 60.6 Å². The lowest BCUT2D eigenvalue weighted by molar-refractivity contribution is -0.149. The monoisotopic (exact) mass is 547 g/mol. The van der Waals surface area contributed by atoms with Gasteiger partial charge in [-0.25, -0.2) is 9.18 Å². The summed E-state index contributed by atoms with van der Waals surface area (Å²) in [6.45, 7) is 6.33. The van der Waals surface area contributed by atoms with E-state index in [0.717, 1.165) is 17.7 Å². The largest absolute Gasteiger partial charge is 0.481 e. The Kier molecular flexibility index (Phi) is 8.36. The van der Waals surface area contributed by atoms with E-state index in [4.69, 9.17) is 16.3 Å². The summed E-state index contributed by atoms with van der Waals surface area (Å²) in [6, 6.07) is 9.43. The summed E-state index contributed by atoms with van der Waals surface area (Å²) in [5, 5.41) is 14.1. The second-order valence-corrected chi connectivity index (χ2v) is 10.7. The molecule has 2 aromatic rings. The predicted molar refractivity (Wildman–Crippen MR) is 140 cm³/mol. The van der Waals surface area contributed by atoms with Crippen molar-refractivity contribution in [1.82, 2.24) is 10.2 Å². The SMILES string of the molecule is CNC(=O)c1cc(Cl)c(F)cc1NC(=O)C1(c2ccccc2C(C)C)CN(C(=O)OCC(C)(C)C(=O)O)C1. The van der Waals surface area contributed by atoms with Crippen LogP contribution in [0.1, 0.15) is 55.1 Å². The van der Waals surface area contributed by atoms with Crippen LogP contribution in [-0.2, 0) is 19.7 Å². The molecule has 1 saturated heterocycles. The number of aliphatic carboxylic acids is 1. The molecule has 3 amide bonds. The van der Waals surface area contributed by atoms with Gasteiger partial charge in [0.25, 0.3) is 5.91 Å². The number of nitrogens with one attached hydrogen (secondary N) is 2. The predicted octanol–water partition coefficient (Wildman–Crippen LogP) is 4.40. The van der Waals surface area contributed by atoms with E-state index in [9.17, 15) is 28.7 Å². The molecule has 0 radical (unpaired) electrons. The number of likely N-dealkylation sites (tertiary alicyclic amines) is 1. The first kappa shape index (κ1) is 28.9. The molecule has 2 aromatic carbocycles. The number of carboxylic acids is 1. The molecule has 0 atom stereocenters. The fourth-order valence-corrected chi connectivity index (χ4v) is 4.38. The van der Waals surface area contributed by atoms with Crippen LogP contribution in [0.15, 0.2) is 36.4 Å². The van der Waals surface area contributed by atoms with E-state index in [1.807, 2.05) is 26.0 Å². The molecule has 0 aliphatic carbocycles. The van der Waals surface area contributed by atoms with Gasteiger partial charge in [-0.3, -0.25) is 14.4 Å². The van der Waals surface area contributed by atoms with Crippen LogP contribution in [0.3, 0.4) is 0 Å². The highest BCUT2D eigenvalue weighted by molar-refractivity contribution is 6.31. The van der Waals surface area contributed by atoms with Gasteiger partial charge in [0.2, 0.25) is 5.91 Å². The van der Waals surface area contributed by atoms with Crippen LogP contribution < -0.4 is 10.6 Å². The van der Waals surface area contributed by atoms with Crippen LogP contribution in [0, 0.1) is 11.2 Å². The maximum atomic E-state index is 14.3. The molecule has 3 rings (SSSR count).